The van der Waals surface area contributed by atoms with Crippen LogP contribution in [0.2, 0.25) is 0 Å². The van der Waals surface area contributed by atoms with E-state index in [2.05, 4.69) is 24.5 Å². The number of urea groups is 1. The van der Waals surface area contributed by atoms with E-state index in [1.54, 1.807) is 12.1 Å². The van der Waals surface area contributed by atoms with Crippen LogP contribution in [0.1, 0.15) is 31.4 Å². The molecule has 6 heteroatoms. The molecule has 29 heavy (non-hydrogen) atoms. The third-order valence-corrected chi connectivity index (χ3v) is 4.95. The van der Waals surface area contributed by atoms with Crippen LogP contribution in [0.3, 0.4) is 0 Å². The Balaban J connectivity index is 1.58. The second-order valence-corrected chi connectivity index (χ2v) is 7.91. The molecule has 0 spiro atoms. The van der Waals surface area contributed by atoms with E-state index in [0.717, 1.165) is 36.4 Å². The van der Waals surface area contributed by atoms with Gasteiger partial charge in [-0.1, -0.05) is 38.1 Å². The topological polar surface area (TPSA) is 53.6 Å². The first-order valence-corrected chi connectivity index (χ1v) is 10.2. The number of carbonyl (C=O) groups is 1. The number of amides is 2. The van der Waals surface area contributed by atoms with Crippen molar-refractivity contribution in [1.82, 2.24) is 15.5 Å². The monoisotopic (exact) mass is 399 g/mol. The molecule has 1 aliphatic rings. The summed E-state index contributed by atoms with van der Waals surface area (Å²) >= 11 is 0. The zero-order valence-corrected chi connectivity index (χ0v) is 17.2. The summed E-state index contributed by atoms with van der Waals surface area (Å²) in [6.07, 6.45) is 0.913. The Morgan fingerprint density at radius 2 is 1.86 bits per heavy atom. The van der Waals surface area contributed by atoms with Gasteiger partial charge in [0.25, 0.3) is 0 Å². The van der Waals surface area contributed by atoms with Crippen molar-refractivity contribution in [3.8, 4) is 5.75 Å². The van der Waals surface area contributed by atoms with Crippen LogP contribution in [0.5, 0.6) is 5.75 Å². The number of ether oxygens (including phenoxy) is 1. The van der Waals surface area contributed by atoms with Crippen molar-refractivity contribution >= 4 is 6.03 Å². The summed E-state index contributed by atoms with van der Waals surface area (Å²) in [6.45, 7) is 7.49. The Hall–Kier alpha value is -2.60. The van der Waals surface area contributed by atoms with Crippen LogP contribution in [0.4, 0.5) is 9.18 Å². The van der Waals surface area contributed by atoms with Crippen LogP contribution in [-0.4, -0.2) is 36.7 Å². The van der Waals surface area contributed by atoms with Crippen LogP contribution in [0, 0.1) is 11.7 Å². The lowest BCUT2D eigenvalue weighted by Crippen LogP contribution is -2.46. The van der Waals surface area contributed by atoms with E-state index < -0.39 is 0 Å². The smallest absolute Gasteiger partial charge is 0.318 e. The van der Waals surface area contributed by atoms with E-state index in [1.165, 1.54) is 12.1 Å². The number of rotatable bonds is 8. The molecule has 0 saturated carbocycles. The number of halogens is 1. The van der Waals surface area contributed by atoms with Crippen molar-refractivity contribution < 1.29 is 13.9 Å². The van der Waals surface area contributed by atoms with Crippen molar-refractivity contribution in [3.05, 3.63) is 65.5 Å². The molecule has 2 N–H and O–H groups in total. The Morgan fingerprint density at radius 1 is 1.17 bits per heavy atom. The maximum Gasteiger partial charge on any atom is 0.318 e. The average Bonchev–Trinajstić information content (AvgIpc) is 3.25. The van der Waals surface area contributed by atoms with Gasteiger partial charge in [0.05, 0.1) is 6.61 Å². The van der Waals surface area contributed by atoms with Gasteiger partial charge in [-0.05, 0) is 54.3 Å². The van der Waals surface area contributed by atoms with Gasteiger partial charge in [-0.15, -0.1) is 0 Å². The van der Waals surface area contributed by atoms with Crippen molar-refractivity contribution in [2.75, 3.05) is 19.7 Å². The van der Waals surface area contributed by atoms with Crippen LogP contribution >= 0.6 is 0 Å². The Morgan fingerprint density at radius 3 is 2.48 bits per heavy atom. The van der Waals surface area contributed by atoms with E-state index >= 15 is 0 Å². The third kappa shape index (κ3) is 6.46. The maximum atomic E-state index is 13.2. The Kier molecular flexibility index (Phi) is 7.47. The van der Waals surface area contributed by atoms with Crippen molar-refractivity contribution in [3.63, 3.8) is 0 Å². The maximum absolute atomic E-state index is 13.2. The molecule has 0 aliphatic carbocycles. The number of hydrogen-bond donors (Lipinski definition) is 2. The van der Waals surface area contributed by atoms with Gasteiger partial charge in [-0.3, -0.25) is 0 Å². The first-order chi connectivity index (χ1) is 14.0. The molecule has 3 rings (SSSR count). The molecule has 0 bridgehead atoms. The summed E-state index contributed by atoms with van der Waals surface area (Å²) in [5.41, 5.74) is 1.93. The first-order valence-electron chi connectivity index (χ1n) is 10.2. The molecular weight excluding hydrogens is 369 g/mol. The van der Waals surface area contributed by atoms with E-state index in [-0.39, 0.29) is 17.9 Å². The predicted octanol–water partition coefficient (Wildman–Crippen LogP) is 3.93. The molecule has 2 amide bonds. The van der Waals surface area contributed by atoms with Crippen molar-refractivity contribution in [2.45, 2.75) is 39.4 Å². The molecule has 2 aromatic carbocycles. The summed E-state index contributed by atoms with van der Waals surface area (Å²) in [6, 6.07) is 14.1. The number of benzene rings is 2. The van der Waals surface area contributed by atoms with Gasteiger partial charge < -0.3 is 20.3 Å². The summed E-state index contributed by atoms with van der Waals surface area (Å²) < 4.78 is 18.9. The average molecular weight is 400 g/mol. The SMILES string of the molecule is CC(C)COc1ccc(CNC(=O)N(Cc2ccc(F)cc2)[C@H]2CCNC2)cc1. The van der Waals surface area contributed by atoms with Crippen LogP contribution in [0.15, 0.2) is 48.5 Å². The van der Waals surface area contributed by atoms with Crippen LogP contribution in [0.25, 0.3) is 0 Å². The normalized spacial score (nSPS) is 16.1. The van der Waals surface area contributed by atoms with Crippen molar-refractivity contribution in [1.29, 1.82) is 0 Å². The lowest BCUT2D eigenvalue weighted by molar-refractivity contribution is 0.174. The van der Waals surface area contributed by atoms with Gasteiger partial charge in [0.15, 0.2) is 0 Å². The number of nitrogens with zero attached hydrogens (tertiary/aromatic N) is 1. The Labute approximate surface area is 172 Å². The molecule has 0 radical (unpaired) electrons. The fraction of sp³-hybridized carbons (Fsp3) is 0.435. The third-order valence-electron chi connectivity index (χ3n) is 4.95. The van der Waals surface area contributed by atoms with E-state index in [9.17, 15) is 9.18 Å². The molecule has 1 atom stereocenters. The minimum atomic E-state index is -0.270. The van der Waals surface area contributed by atoms with Gasteiger partial charge in [0, 0.05) is 25.7 Å². The summed E-state index contributed by atoms with van der Waals surface area (Å²) in [5, 5.41) is 6.33. The molecule has 5 nitrogen and oxygen atoms in total. The molecular formula is C23H30FN3O2. The zero-order chi connectivity index (χ0) is 20.6. The van der Waals surface area contributed by atoms with E-state index in [4.69, 9.17) is 4.74 Å². The highest BCUT2D eigenvalue weighted by Gasteiger charge is 2.26. The van der Waals surface area contributed by atoms with Gasteiger partial charge in [-0.2, -0.15) is 0 Å². The molecule has 0 aromatic heterocycles. The molecule has 1 fully saturated rings. The minimum Gasteiger partial charge on any atom is -0.493 e. The van der Waals surface area contributed by atoms with Crippen molar-refractivity contribution in [2.24, 2.45) is 5.92 Å². The predicted molar refractivity (Wildman–Crippen MR) is 112 cm³/mol. The second kappa shape index (κ2) is 10.3. The zero-order valence-electron chi connectivity index (χ0n) is 17.2. The van der Waals surface area contributed by atoms with E-state index in [1.807, 2.05) is 29.2 Å². The lowest BCUT2D eigenvalue weighted by Gasteiger charge is -2.29. The molecule has 1 heterocycles. The standard InChI is InChI=1S/C23H30FN3O2/c1-17(2)16-29-22-9-5-18(6-10-22)13-26-23(28)27(21-11-12-25-14-21)15-19-3-7-20(24)8-4-19/h3-10,17,21,25H,11-16H2,1-2H3,(H,26,28)/t21-/m0/s1. The van der Waals surface area contributed by atoms with Gasteiger partial charge >= 0.3 is 6.03 Å². The largest absolute Gasteiger partial charge is 0.493 e. The van der Waals surface area contributed by atoms with Gasteiger partial charge in [0.2, 0.25) is 0 Å². The van der Waals surface area contributed by atoms with Gasteiger partial charge in [0.1, 0.15) is 11.6 Å². The second-order valence-electron chi connectivity index (χ2n) is 7.91. The van der Waals surface area contributed by atoms with Crippen LogP contribution < -0.4 is 15.4 Å². The molecule has 156 valence electrons. The highest BCUT2D eigenvalue weighted by atomic mass is 19.1. The number of nitrogens with one attached hydrogen (secondary N) is 2. The fourth-order valence-corrected chi connectivity index (χ4v) is 3.30. The molecule has 1 aliphatic heterocycles. The first kappa shape index (κ1) is 21.1. The summed E-state index contributed by atoms with van der Waals surface area (Å²) in [7, 11) is 0. The number of hydrogen-bond acceptors (Lipinski definition) is 3. The highest BCUT2D eigenvalue weighted by molar-refractivity contribution is 5.74. The highest BCUT2D eigenvalue weighted by Crippen LogP contribution is 2.16. The van der Waals surface area contributed by atoms with E-state index in [0.29, 0.717) is 25.6 Å². The minimum absolute atomic E-state index is 0.108. The van der Waals surface area contributed by atoms with Crippen LogP contribution in [-0.2, 0) is 13.1 Å². The molecule has 2 aromatic rings. The molecule has 0 unspecified atom stereocenters. The molecule has 1 saturated heterocycles. The lowest BCUT2D eigenvalue weighted by atomic mass is 10.1. The Bertz CT molecular complexity index is 772. The summed E-state index contributed by atoms with van der Waals surface area (Å²) in [5.74, 6) is 1.04. The fourth-order valence-electron chi connectivity index (χ4n) is 3.30. The van der Waals surface area contributed by atoms with Gasteiger partial charge in [-0.25, -0.2) is 9.18 Å². The quantitative estimate of drug-likeness (QED) is 0.707. The summed E-state index contributed by atoms with van der Waals surface area (Å²) in [4.78, 5) is 14.7. The number of carbonyl (C=O) groups excluding carboxylic acids is 1.